The Kier molecular flexibility index (Phi) is 6.17. The van der Waals surface area contributed by atoms with Crippen LogP contribution in [0.25, 0.3) is 0 Å². The summed E-state index contributed by atoms with van der Waals surface area (Å²) in [6.45, 7) is 6.75. The highest BCUT2D eigenvalue weighted by molar-refractivity contribution is 5.94. The standard InChI is InChI=1S/C16H26N4O/c1-18(12-13-20-10-8-17-9-11-20)14-16(21)19(2)15-6-4-3-5-7-15/h3-7,17H,8-14H2,1-2H3. The average molecular weight is 290 g/mol. The summed E-state index contributed by atoms with van der Waals surface area (Å²) in [7, 11) is 3.85. The van der Waals surface area contributed by atoms with Crippen molar-refractivity contribution in [2.45, 2.75) is 0 Å². The zero-order chi connectivity index (χ0) is 15.1. The molecule has 1 aromatic carbocycles. The molecule has 1 aromatic rings. The van der Waals surface area contributed by atoms with Crippen LogP contribution in [0.15, 0.2) is 30.3 Å². The quantitative estimate of drug-likeness (QED) is 0.827. The molecule has 1 fully saturated rings. The topological polar surface area (TPSA) is 38.8 Å². The molecule has 0 aromatic heterocycles. The van der Waals surface area contributed by atoms with Crippen LogP contribution in [0.3, 0.4) is 0 Å². The minimum Gasteiger partial charge on any atom is -0.314 e. The zero-order valence-corrected chi connectivity index (χ0v) is 13.1. The van der Waals surface area contributed by atoms with Crippen molar-refractivity contribution in [1.82, 2.24) is 15.1 Å². The number of amides is 1. The summed E-state index contributed by atoms with van der Waals surface area (Å²) in [6, 6.07) is 9.78. The van der Waals surface area contributed by atoms with Crippen molar-refractivity contribution in [3.63, 3.8) is 0 Å². The van der Waals surface area contributed by atoms with E-state index in [9.17, 15) is 4.79 Å². The van der Waals surface area contributed by atoms with Crippen LogP contribution in [0, 0.1) is 0 Å². The molecule has 1 aliphatic heterocycles. The highest BCUT2D eigenvalue weighted by Crippen LogP contribution is 2.11. The Morgan fingerprint density at radius 1 is 1.19 bits per heavy atom. The molecule has 0 aliphatic carbocycles. The second-order valence-corrected chi connectivity index (χ2v) is 5.62. The highest BCUT2D eigenvalue weighted by Gasteiger charge is 2.14. The van der Waals surface area contributed by atoms with Crippen LogP contribution in [0.1, 0.15) is 0 Å². The van der Waals surface area contributed by atoms with Gasteiger partial charge in [0.1, 0.15) is 0 Å². The van der Waals surface area contributed by atoms with Gasteiger partial charge in [0.2, 0.25) is 5.91 Å². The predicted octanol–water partition coefficient (Wildman–Crippen LogP) is 0.486. The first-order chi connectivity index (χ1) is 10.2. The van der Waals surface area contributed by atoms with E-state index in [1.54, 1.807) is 4.90 Å². The Morgan fingerprint density at radius 2 is 1.86 bits per heavy atom. The van der Waals surface area contributed by atoms with Gasteiger partial charge in [0.15, 0.2) is 0 Å². The fourth-order valence-electron chi connectivity index (χ4n) is 2.46. The highest BCUT2D eigenvalue weighted by atomic mass is 16.2. The van der Waals surface area contributed by atoms with Gasteiger partial charge >= 0.3 is 0 Å². The second-order valence-electron chi connectivity index (χ2n) is 5.62. The molecule has 0 atom stereocenters. The fraction of sp³-hybridized carbons (Fsp3) is 0.562. The zero-order valence-electron chi connectivity index (χ0n) is 13.1. The summed E-state index contributed by atoms with van der Waals surface area (Å²) < 4.78 is 0. The Balaban J connectivity index is 1.73. The van der Waals surface area contributed by atoms with E-state index in [1.165, 1.54) is 0 Å². The SMILES string of the molecule is CN(CCN1CCNCC1)CC(=O)N(C)c1ccccc1. The second kappa shape index (κ2) is 8.12. The minimum atomic E-state index is 0.129. The van der Waals surface area contributed by atoms with Gasteiger partial charge in [-0.15, -0.1) is 0 Å². The summed E-state index contributed by atoms with van der Waals surface area (Å²) >= 11 is 0. The van der Waals surface area contributed by atoms with Gasteiger partial charge in [-0.25, -0.2) is 0 Å². The molecule has 0 unspecified atom stereocenters. The largest absolute Gasteiger partial charge is 0.314 e. The lowest BCUT2D eigenvalue weighted by molar-refractivity contribution is -0.119. The van der Waals surface area contributed by atoms with Crippen molar-refractivity contribution < 1.29 is 4.79 Å². The lowest BCUT2D eigenvalue weighted by atomic mass is 10.3. The average Bonchev–Trinajstić information content (AvgIpc) is 2.54. The van der Waals surface area contributed by atoms with Crippen LogP contribution in [0.2, 0.25) is 0 Å². The van der Waals surface area contributed by atoms with Crippen LogP contribution in [-0.2, 0) is 4.79 Å². The van der Waals surface area contributed by atoms with Crippen molar-refractivity contribution >= 4 is 11.6 Å². The smallest absolute Gasteiger partial charge is 0.240 e. The summed E-state index contributed by atoms with van der Waals surface area (Å²) in [5.41, 5.74) is 0.943. The third-order valence-electron chi connectivity index (χ3n) is 3.93. The first-order valence-corrected chi connectivity index (χ1v) is 7.60. The Labute approximate surface area is 127 Å². The van der Waals surface area contributed by atoms with E-state index >= 15 is 0 Å². The molecular weight excluding hydrogens is 264 g/mol. The molecule has 1 aliphatic rings. The number of benzene rings is 1. The van der Waals surface area contributed by atoms with E-state index in [-0.39, 0.29) is 5.91 Å². The molecule has 116 valence electrons. The summed E-state index contributed by atoms with van der Waals surface area (Å²) in [5.74, 6) is 0.129. The molecule has 0 spiro atoms. The minimum absolute atomic E-state index is 0.129. The number of para-hydroxylation sites is 1. The van der Waals surface area contributed by atoms with Crippen molar-refractivity contribution in [1.29, 1.82) is 0 Å². The van der Waals surface area contributed by atoms with Gasteiger partial charge in [0.25, 0.3) is 0 Å². The lowest BCUT2D eigenvalue weighted by Gasteiger charge is -2.29. The predicted molar refractivity (Wildman–Crippen MR) is 86.7 cm³/mol. The van der Waals surface area contributed by atoms with Gasteiger partial charge < -0.3 is 10.2 Å². The maximum atomic E-state index is 12.3. The summed E-state index contributed by atoms with van der Waals surface area (Å²) in [5, 5.41) is 3.35. The van der Waals surface area contributed by atoms with Crippen LogP contribution in [0.4, 0.5) is 5.69 Å². The number of rotatable bonds is 6. The number of carbonyl (C=O) groups excluding carboxylic acids is 1. The third kappa shape index (κ3) is 5.12. The lowest BCUT2D eigenvalue weighted by Crippen LogP contribution is -2.46. The third-order valence-corrected chi connectivity index (χ3v) is 3.93. The molecule has 1 saturated heterocycles. The maximum Gasteiger partial charge on any atom is 0.240 e. The number of likely N-dealkylation sites (N-methyl/N-ethyl adjacent to an activating group) is 2. The molecule has 1 heterocycles. The van der Waals surface area contributed by atoms with E-state index in [0.29, 0.717) is 6.54 Å². The van der Waals surface area contributed by atoms with Gasteiger partial charge in [-0.05, 0) is 19.2 Å². The number of nitrogens with zero attached hydrogens (tertiary/aromatic N) is 3. The molecule has 1 N–H and O–H groups in total. The van der Waals surface area contributed by atoms with Crippen LogP contribution >= 0.6 is 0 Å². The number of nitrogens with one attached hydrogen (secondary N) is 1. The van der Waals surface area contributed by atoms with Gasteiger partial charge in [-0.3, -0.25) is 14.6 Å². The number of hydrogen-bond acceptors (Lipinski definition) is 4. The Bertz CT molecular complexity index is 431. The molecule has 2 rings (SSSR count). The normalized spacial score (nSPS) is 16.1. The molecule has 5 heteroatoms. The first-order valence-electron chi connectivity index (χ1n) is 7.60. The van der Waals surface area contributed by atoms with Crippen LogP contribution in [-0.4, -0.2) is 75.6 Å². The van der Waals surface area contributed by atoms with Crippen LogP contribution in [0.5, 0.6) is 0 Å². The number of carbonyl (C=O) groups is 1. The van der Waals surface area contributed by atoms with Gasteiger partial charge in [0, 0.05) is 52.0 Å². The molecular formula is C16H26N4O. The number of hydrogen-bond donors (Lipinski definition) is 1. The summed E-state index contributed by atoms with van der Waals surface area (Å²) in [6.07, 6.45) is 0. The Hall–Kier alpha value is -1.43. The van der Waals surface area contributed by atoms with Gasteiger partial charge in [-0.2, -0.15) is 0 Å². The van der Waals surface area contributed by atoms with Gasteiger partial charge in [0.05, 0.1) is 6.54 Å². The summed E-state index contributed by atoms with van der Waals surface area (Å²) in [4.78, 5) is 18.5. The molecule has 1 amide bonds. The number of anilines is 1. The first kappa shape index (κ1) is 15.9. The molecule has 0 bridgehead atoms. The molecule has 5 nitrogen and oxygen atoms in total. The van der Waals surface area contributed by atoms with Crippen molar-refractivity contribution in [3.05, 3.63) is 30.3 Å². The van der Waals surface area contributed by atoms with E-state index in [1.807, 2.05) is 44.4 Å². The molecule has 0 radical (unpaired) electrons. The van der Waals surface area contributed by atoms with E-state index in [0.717, 1.165) is 45.0 Å². The fourth-order valence-corrected chi connectivity index (χ4v) is 2.46. The van der Waals surface area contributed by atoms with Crippen molar-refractivity contribution in [2.75, 3.05) is 64.8 Å². The monoisotopic (exact) mass is 290 g/mol. The number of piperazine rings is 1. The molecule has 21 heavy (non-hydrogen) atoms. The van der Waals surface area contributed by atoms with Crippen LogP contribution < -0.4 is 10.2 Å². The van der Waals surface area contributed by atoms with Gasteiger partial charge in [-0.1, -0.05) is 18.2 Å². The Morgan fingerprint density at radius 3 is 2.52 bits per heavy atom. The van der Waals surface area contributed by atoms with E-state index < -0.39 is 0 Å². The van der Waals surface area contributed by atoms with Crippen molar-refractivity contribution in [3.8, 4) is 0 Å². The molecule has 0 saturated carbocycles. The van der Waals surface area contributed by atoms with E-state index in [4.69, 9.17) is 0 Å². The maximum absolute atomic E-state index is 12.3. The van der Waals surface area contributed by atoms with E-state index in [2.05, 4.69) is 15.1 Å². The van der Waals surface area contributed by atoms with Crippen molar-refractivity contribution in [2.24, 2.45) is 0 Å².